The molecule has 2 heterocycles. The van der Waals surface area contributed by atoms with Crippen LogP contribution in [0.1, 0.15) is 32.1 Å². The van der Waals surface area contributed by atoms with Crippen molar-refractivity contribution in [2.24, 2.45) is 0 Å². The van der Waals surface area contributed by atoms with E-state index in [-0.39, 0.29) is 29.9 Å². The molecular formula is C20H29ClN4O4S. The average molecular weight is 457 g/mol. The van der Waals surface area contributed by atoms with E-state index in [1.54, 1.807) is 17.0 Å². The van der Waals surface area contributed by atoms with E-state index >= 15 is 0 Å². The normalized spacial score (nSPS) is 18.9. The van der Waals surface area contributed by atoms with E-state index in [9.17, 15) is 18.0 Å². The Morgan fingerprint density at radius 2 is 1.70 bits per heavy atom. The topological polar surface area (TPSA) is 90.0 Å². The van der Waals surface area contributed by atoms with Crippen molar-refractivity contribution in [2.45, 2.75) is 37.0 Å². The van der Waals surface area contributed by atoms with Crippen LogP contribution in [0.15, 0.2) is 29.2 Å². The minimum atomic E-state index is -3.59. The number of hydrogen-bond donors (Lipinski definition) is 1. The Labute approximate surface area is 183 Å². The van der Waals surface area contributed by atoms with Crippen LogP contribution >= 0.6 is 11.6 Å². The summed E-state index contributed by atoms with van der Waals surface area (Å²) in [7, 11) is -3.59. The SMILES string of the molecule is O=C1CCCCCN1CCCNC(=O)N1CCN(S(=O)(=O)c2ccc(Cl)cc2)CC1. The van der Waals surface area contributed by atoms with Crippen molar-refractivity contribution in [3.63, 3.8) is 0 Å². The Balaban J connectivity index is 1.40. The molecule has 1 aromatic rings. The number of benzene rings is 1. The lowest BCUT2D eigenvalue weighted by Crippen LogP contribution is -2.53. The van der Waals surface area contributed by atoms with Gasteiger partial charge in [-0.15, -0.1) is 0 Å². The first-order valence-electron chi connectivity index (χ1n) is 10.4. The second-order valence-corrected chi connectivity index (χ2v) is 10.00. The van der Waals surface area contributed by atoms with E-state index in [1.807, 2.05) is 4.90 Å². The number of amides is 3. The minimum Gasteiger partial charge on any atom is -0.343 e. The number of halogens is 1. The summed E-state index contributed by atoms with van der Waals surface area (Å²) >= 11 is 5.83. The van der Waals surface area contributed by atoms with E-state index in [4.69, 9.17) is 11.6 Å². The molecule has 0 aliphatic carbocycles. The minimum absolute atomic E-state index is 0.194. The zero-order valence-electron chi connectivity index (χ0n) is 17.1. The van der Waals surface area contributed by atoms with E-state index in [0.717, 1.165) is 25.8 Å². The van der Waals surface area contributed by atoms with Crippen LogP contribution in [0.25, 0.3) is 0 Å². The molecule has 2 aliphatic heterocycles. The number of nitrogens with zero attached hydrogens (tertiary/aromatic N) is 3. The van der Waals surface area contributed by atoms with E-state index in [2.05, 4.69) is 5.32 Å². The second-order valence-electron chi connectivity index (χ2n) is 7.62. The molecule has 0 bridgehead atoms. The third-order valence-electron chi connectivity index (χ3n) is 5.53. The molecule has 0 spiro atoms. The summed E-state index contributed by atoms with van der Waals surface area (Å²) in [5.41, 5.74) is 0. The fraction of sp³-hybridized carbons (Fsp3) is 0.600. The number of hydrogen-bond acceptors (Lipinski definition) is 4. The van der Waals surface area contributed by atoms with Gasteiger partial charge in [0.05, 0.1) is 4.90 Å². The summed E-state index contributed by atoms with van der Waals surface area (Å²) in [5.74, 6) is 0.205. The highest BCUT2D eigenvalue weighted by molar-refractivity contribution is 7.89. The zero-order chi connectivity index (χ0) is 21.6. The highest BCUT2D eigenvalue weighted by atomic mass is 35.5. The standard InChI is InChI=1S/C20H29ClN4O4S/c21-17-6-8-18(9-7-17)30(28,29)25-15-13-24(14-16-25)20(27)22-10-4-12-23-11-3-1-2-5-19(23)26/h6-9H,1-5,10-16H2,(H,22,27). The van der Waals surface area contributed by atoms with Crippen LogP contribution in [0.5, 0.6) is 0 Å². The molecule has 0 unspecified atom stereocenters. The van der Waals surface area contributed by atoms with E-state index < -0.39 is 10.0 Å². The van der Waals surface area contributed by atoms with Gasteiger partial charge in [-0.3, -0.25) is 4.79 Å². The molecule has 3 rings (SSSR count). The van der Waals surface area contributed by atoms with Crippen LogP contribution in [0.2, 0.25) is 5.02 Å². The van der Waals surface area contributed by atoms with Crippen LogP contribution in [0, 0.1) is 0 Å². The zero-order valence-corrected chi connectivity index (χ0v) is 18.6. The highest BCUT2D eigenvalue weighted by Gasteiger charge is 2.30. The van der Waals surface area contributed by atoms with Crippen molar-refractivity contribution in [3.8, 4) is 0 Å². The van der Waals surface area contributed by atoms with Gasteiger partial charge in [-0.1, -0.05) is 18.0 Å². The molecule has 30 heavy (non-hydrogen) atoms. The monoisotopic (exact) mass is 456 g/mol. The van der Waals surface area contributed by atoms with Gasteiger partial charge in [0.25, 0.3) is 0 Å². The molecule has 166 valence electrons. The molecule has 2 fully saturated rings. The van der Waals surface area contributed by atoms with Crippen LogP contribution in [-0.2, 0) is 14.8 Å². The first-order chi connectivity index (χ1) is 14.4. The molecule has 2 saturated heterocycles. The Bertz CT molecular complexity index is 839. The maximum absolute atomic E-state index is 12.7. The lowest BCUT2D eigenvalue weighted by molar-refractivity contribution is -0.130. The van der Waals surface area contributed by atoms with Gasteiger partial charge in [0.15, 0.2) is 0 Å². The number of piperazine rings is 1. The first-order valence-corrected chi connectivity index (χ1v) is 12.3. The number of nitrogens with one attached hydrogen (secondary N) is 1. The third-order valence-corrected chi connectivity index (χ3v) is 7.69. The van der Waals surface area contributed by atoms with Crippen LogP contribution < -0.4 is 5.32 Å². The van der Waals surface area contributed by atoms with Gasteiger partial charge >= 0.3 is 6.03 Å². The van der Waals surface area contributed by atoms with Crippen LogP contribution in [0.3, 0.4) is 0 Å². The number of rotatable bonds is 6. The van der Waals surface area contributed by atoms with Crippen molar-refractivity contribution in [3.05, 3.63) is 29.3 Å². The highest BCUT2D eigenvalue weighted by Crippen LogP contribution is 2.20. The Kier molecular flexibility index (Phi) is 7.96. The Morgan fingerprint density at radius 3 is 2.40 bits per heavy atom. The van der Waals surface area contributed by atoms with Gasteiger partial charge in [0.2, 0.25) is 15.9 Å². The fourth-order valence-electron chi connectivity index (χ4n) is 3.74. The van der Waals surface area contributed by atoms with Gasteiger partial charge in [-0.05, 0) is 43.5 Å². The second kappa shape index (κ2) is 10.5. The molecular weight excluding hydrogens is 428 g/mol. The third kappa shape index (κ3) is 5.86. The molecule has 0 saturated carbocycles. The van der Waals surface area contributed by atoms with Crippen molar-refractivity contribution in [1.29, 1.82) is 0 Å². The number of likely N-dealkylation sites (tertiary alicyclic amines) is 1. The van der Waals surface area contributed by atoms with Gasteiger partial charge in [0.1, 0.15) is 0 Å². The summed E-state index contributed by atoms with van der Waals surface area (Å²) in [4.78, 5) is 28.1. The van der Waals surface area contributed by atoms with Crippen LogP contribution in [0.4, 0.5) is 4.79 Å². The largest absolute Gasteiger partial charge is 0.343 e. The van der Waals surface area contributed by atoms with Gasteiger partial charge in [-0.25, -0.2) is 13.2 Å². The summed E-state index contributed by atoms with van der Waals surface area (Å²) in [6, 6.07) is 5.90. The van der Waals surface area contributed by atoms with Gasteiger partial charge in [-0.2, -0.15) is 4.31 Å². The van der Waals surface area contributed by atoms with Gasteiger partial charge < -0.3 is 15.1 Å². The number of urea groups is 1. The quantitative estimate of drug-likeness (QED) is 0.664. The predicted molar refractivity (Wildman–Crippen MR) is 115 cm³/mol. The van der Waals surface area contributed by atoms with Crippen molar-refractivity contribution < 1.29 is 18.0 Å². The maximum atomic E-state index is 12.7. The summed E-state index contributed by atoms with van der Waals surface area (Å²) in [5, 5.41) is 3.36. The average Bonchev–Trinajstić information content (AvgIpc) is 2.95. The van der Waals surface area contributed by atoms with E-state index in [1.165, 1.54) is 16.4 Å². The maximum Gasteiger partial charge on any atom is 0.317 e. The summed E-state index contributed by atoms with van der Waals surface area (Å²) in [6.45, 7) is 3.13. The smallest absolute Gasteiger partial charge is 0.317 e. The van der Waals surface area contributed by atoms with Crippen molar-refractivity contribution in [1.82, 2.24) is 19.4 Å². The molecule has 10 heteroatoms. The summed E-state index contributed by atoms with van der Waals surface area (Å²) in [6.07, 6.45) is 4.43. The van der Waals surface area contributed by atoms with Gasteiger partial charge in [0, 0.05) is 57.3 Å². The van der Waals surface area contributed by atoms with Crippen molar-refractivity contribution in [2.75, 3.05) is 45.8 Å². The Morgan fingerprint density at radius 1 is 1.00 bits per heavy atom. The summed E-state index contributed by atoms with van der Waals surface area (Å²) < 4.78 is 26.8. The molecule has 1 N–H and O–H groups in total. The fourth-order valence-corrected chi connectivity index (χ4v) is 5.29. The molecule has 1 aromatic carbocycles. The van der Waals surface area contributed by atoms with Crippen molar-refractivity contribution >= 4 is 33.6 Å². The molecule has 0 atom stereocenters. The first kappa shape index (κ1) is 22.8. The van der Waals surface area contributed by atoms with Crippen LogP contribution in [-0.4, -0.2) is 80.3 Å². The lowest BCUT2D eigenvalue weighted by atomic mass is 10.2. The number of carbonyl (C=O) groups excluding carboxylic acids is 2. The molecule has 0 radical (unpaired) electrons. The Hall–Kier alpha value is -1.84. The number of sulfonamides is 1. The molecule has 0 aromatic heterocycles. The molecule has 3 amide bonds. The molecule has 2 aliphatic rings. The predicted octanol–water partition coefficient (Wildman–Crippen LogP) is 2.15. The lowest BCUT2D eigenvalue weighted by Gasteiger charge is -2.34. The molecule has 8 nitrogen and oxygen atoms in total. The van der Waals surface area contributed by atoms with E-state index in [0.29, 0.717) is 44.0 Å². The number of carbonyl (C=O) groups is 2.